The molecule has 2 aromatic rings. The summed E-state index contributed by atoms with van der Waals surface area (Å²) < 4.78 is 0. The lowest BCUT2D eigenvalue weighted by atomic mass is 10.2. The highest BCUT2D eigenvalue weighted by Crippen LogP contribution is 2.23. The molecule has 0 amide bonds. The Morgan fingerprint density at radius 2 is 2.25 bits per heavy atom. The Kier molecular flexibility index (Phi) is 4.92. The standard InChI is InChI=1S/C18H21N5O/c1-2-4-14-10-17(23-8-7-16(24)12-23)22-18(20-14)21-15-6-3-5-13(9-15)11-19/h3,5-6,9-10,16,24H,2,4,7-8,12H2,1H3,(H,20,21,22)/t16-/m0/s1. The number of rotatable bonds is 5. The zero-order valence-corrected chi connectivity index (χ0v) is 13.7. The van der Waals surface area contributed by atoms with Gasteiger partial charge in [0.25, 0.3) is 0 Å². The van der Waals surface area contributed by atoms with Crippen LogP contribution in [0.1, 0.15) is 31.0 Å². The maximum absolute atomic E-state index is 9.76. The summed E-state index contributed by atoms with van der Waals surface area (Å²) in [5.74, 6) is 1.36. The van der Waals surface area contributed by atoms with E-state index >= 15 is 0 Å². The predicted octanol–water partition coefficient (Wildman–Crippen LogP) is 2.62. The highest BCUT2D eigenvalue weighted by atomic mass is 16.3. The molecule has 6 heteroatoms. The fourth-order valence-electron chi connectivity index (χ4n) is 2.83. The fourth-order valence-corrected chi connectivity index (χ4v) is 2.83. The highest BCUT2D eigenvalue weighted by Gasteiger charge is 2.22. The van der Waals surface area contributed by atoms with Crippen molar-refractivity contribution in [3.8, 4) is 6.07 Å². The van der Waals surface area contributed by atoms with E-state index in [1.165, 1.54) is 0 Å². The first kappa shape index (κ1) is 16.2. The molecule has 0 saturated carbocycles. The lowest BCUT2D eigenvalue weighted by molar-refractivity contribution is 0.198. The van der Waals surface area contributed by atoms with Gasteiger partial charge < -0.3 is 15.3 Å². The molecule has 0 radical (unpaired) electrons. The Morgan fingerprint density at radius 1 is 1.38 bits per heavy atom. The summed E-state index contributed by atoms with van der Waals surface area (Å²) in [5.41, 5.74) is 2.35. The van der Waals surface area contributed by atoms with Crippen molar-refractivity contribution in [2.75, 3.05) is 23.3 Å². The molecule has 0 aliphatic carbocycles. The van der Waals surface area contributed by atoms with Crippen LogP contribution >= 0.6 is 0 Å². The van der Waals surface area contributed by atoms with Crippen molar-refractivity contribution in [3.05, 3.63) is 41.6 Å². The summed E-state index contributed by atoms with van der Waals surface area (Å²) in [6, 6.07) is 11.4. The van der Waals surface area contributed by atoms with E-state index in [0.29, 0.717) is 18.1 Å². The fraction of sp³-hybridized carbons (Fsp3) is 0.389. The second-order valence-corrected chi connectivity index (χ2v) is 6.00. The minimum Gasteiger partial charge on any atom is -0.391 e. The van der Waals surface area contributed by atoms with E-state index in [-0.39, 0.29) is 6.10 Å². The Hall–Kier alpha value is -2.65. The molecular formula is C18H21N5O. The Morgan fingerprint density at radius 3 is 2.96 bits per heavy atom. The number of aliphatic hydroxyl groups excluding tert-OH is 1. The largest absolute Gasteiger partial charge is 0.391 e. The molecule has 1 aliphatic heterocycles. The molecule has 1 aromatic carbocycles. The van der Waals surface area contributed by atoms with Crippen molar-refractivity contribution < 1.29 is 5.11 Å². The molecule has 0 unspecified atom stereocenters. The quantitative estimate of drug-likeness (QED) is 0.880. The van der Waals surface area contributed by atoms with E-state index < -0.39 is 0 Å². The molecule has 2 N–H and O–H groups in total. The van der Waals surface area contributed by atoms with Gasteiger partial charge in [-0.05, 0) is 31.0 Å². The molecular weight excluding hydrogens is 302 g/mol. The van der Waals surface area contributed by atoms with Gasteiger partial charge in [-0.15, -0.1) is 0 Å². The predicted molar refractivity (Wildman–Crippen MR) is 93.3 cm³/mol. The average molecular weight is 323 g/mol. The van der Waals surface area contributed by atoms with Gasteiger partial charge in [0.15, 0.2) is 0 Å². The van der Waals surface area contributed by atoms with Crippen LogP contribution in [0.2, 0.25) is 0 Å². The van der Waals surface area contributed by atoms with Crippen molar-refractivity contribution in [3.63, 3.8) is 0 Å². The topological polar surface area (TPSA) is 85.1 Å². The van der Waals surface area contributed by atoms with E-state index in [4.69, 9.17) is 5.26 Å². The summed E-state index contributed by atoms with van der Waals surface area (Å²) in [7, 11) is 0. The SMILES string of the molecule is CCCc1cc(N2CC[C@H](O)C2)nc(Nc2cccc(C#N)c2)n1. The van der Waals surface area contributed by atoms with Gasteiger partial charge in [0.2, 0.25) is 5.95 Å². The number of benzene rings is 1. The minimum absolute atomic E-state index is 0.293. The van der Waals surface area contributed by atoms with Crippen LogP contribution in [0, 0.1) is 11.3 Å². The zero-order chi connectivity index (χ0) is 16.9. The number of nitrogens with one attached hydrogen (secondary N) is 1. The van der Waals surface area contributed by atoms with Crippen LogP contribution in [0.4, 0.5) is 17.5 Å². The van der Waals surface area contributed by atoms with Gasteiger partial charge in [-0.1, -0.05) is 19.4 Å². The van der Waals surface area contributed by atoms with E-state index in [1.54, 1.807) is 12.1 Å². The van der Waals surface area contributed by atoms with E-state index in [1.807, 2.05) is 18.2 Å². The summed E-state index contributed by atoms with van der Waals surface area (Å²) in [5, 5.41) is 22.0. The maximum atomic E-state index is 9.76. The van der Waals surface area contributed by atoms with Crippen LogP contribution in [0.5, 0.6) is 0 Å². The molecule has 124 valence electrons. The van der Waals surface area contributed by atoms with Crippen LogP contribution < -0.4 is 10.2 Å². The van der Waals surface area contributed by atoms with Crippen LogP contribution in [-0.4, -0.2) is 34.3 Å². The van der Waals surface area contributed by atoms with Gasteiger partial charge in [0.1, 0.15) is 5.82 Å². The summed E-state index contributed by atoms with van der Waals surface area (Å²) in [6.07, 6.45) is 2.35. The lowest BCUT2D eigenvalue weighted by Gasteiger charge is -2.18. The smallest absolute Gasteiger partial charge is 0.229 e. The van der Waals surface area contributed by atoms with Crippen molar-refractivity contribution in [1.82, 2.24) is 9.97 Å². The molecule has 1 fully saturated rings. The zero-order valence-electron chi connectivity index (χ0n) is 13.7. The van der Waals surface area contributed by atoms with Crippen molar-refractivity contribution >= 4 is 17.5 Å². The first-order chi connectivity index (χ1) is 11.7. The van der Waals surface area contributed by atoms with E-state index in [9.17, 15) is 5.11 Å². The van der Waals surface area contributed by atoms with Gasteiger partial charge in [0.05, 0.1) is 17.7 Å². The first-order valence-electron chi connectivity index (χ1n) is 8.26. The van der Waals surface area contributed by atoms with Crippen molar-refractivity contribution in [1.29, 1.82) is 5.26 Å². The molecule has 0 bridgehead atoms. The molecule has 3 rings (SSSR count). The van der Waals surface area contributed by atoms with Crippen molar-refractivity contribution in [2.24, 2.45) is 0 Å². The van der Waals surface area contributed by atoms with Gasteiger partial charge in [-0.3, -0.25) is 0 Å². The third-order valence-electron chi connectivity index (χ3n) is 4.01. The Labute approximate surface area is 141 Å². The Bertz CT molecular complexity index is 755. The minimum atomic E-state index is -0.293. The van der Waals surface area contributed by atoms with Crippen LogP contribution in [0.15, 0.2) is 30.3 Å². The molecule has 6 nitrogen and oxygen atoms in total. The number of aryl methyl sites for hydroxylation is 1. The van der Waals surface area contributed by atoms with Crippen LogP contribution in [-0.2, 0) is 6.42 Å². The summed E-state index contributed by atoms with van der Waals surface area (Å²) in [4.78, 5) is 11.2. The van der Waals surface area contributed by atoms with Crippen LogP contribution in [0.25, 0.3) is 0 Å². The third-order valence-corrected chi connectivity index (χ3v) is 4.01. The molecule has 1 saturated heterocycles. The van der Waals surface area contributed by atoms with Gasteiger partial charge in [-0.25, -0.2) is 4.98 Å². The molecule has 2 heterocycles. The van der Waals surface area contributed by atoms with E-state index in [2.05, 4.69) is 33.2 Å². The molecule has 1 aromatic heterocycles. The number of hydrogen-bond donors (Lipinski definition) is 2. The second kappa shape index (κ2) is 7.28. The number of aliphatic hydroxyl groups is 1. The maximum Gasteiger partial charge on any atom is 0.229 e. The van der Waals surface area contributed by atoms with Crippen LogP contribution in [0.3, 0.4) is 0 Å². The highest BCUT2D eigenvalue weighted by molar-refractivity contribution is 5.58. The number of anilines is 3. The van der Waals surface area contributed by atoms with Crippen molar-refractivity contribution in [2.45, 2.75) is 32.3 Å². The molecule has 1 atom stereocenters. The van der Waals surface area contributed by atoms with Gasteiger partial charge in [0, 0.05) is 30.5 Å². The normalized spacial score (nSPS) is 16.9. The summed E-state index contributed by atoms with van der Waals surface area (Å²) in [6.45, 7) is 3.52. The monoisotopic (exact) mass is 323 g/mol. The second-order valence-electron chi connectivity index (χ2n) is 6.00. The van der Waals surface area contributed by atoms with E-state index in [0.717, 1.165) is 43.0 Å². The molecule has 0 spiro atoms. The first-order valence-corrected chi connectivity index (χ1v) is 8.26. The molecule has 24 heavy (non-hydrogen) atoms. The van der Waals surface area contributed by atoms with Gasteiger partial charge in [-0.2, -0.15) is 10.2 Å². The van der Waals surface area contributed by atoms with Gasteiger partial charge >= 0.3 is 0 Å². The third kappa shape index (κ3) is 3.81. The molecule has 1 aliphatic rings. The number of nitrogens with zero attached hydrogens (tertiary/aromatic N) is 4. The number of nitriles is 1. The average Bonchev–Trinajstić information content (AvgIpc) is 3.02. The number of hydrogen-bond acceptors (Lipinski definition) is 6. The number of aromatic nitrogens is 2. The Balaban J connectivity index is 1.88. The lowest BCUT2D eigenvalue weighted by Crippen LogP contribution is -2.23. The summed E-state index contributed by atoms with van der Waals surface area (Å²) >= 11 is 0. The number of β-amino-alcohol motifs (C(OH)–C–C–N with tert-alkyl or cyclic N) is 1.